The molecule has 1 aliphatic heterocycles. The summed E-state index contributed by atoms with van der Waals surface area (Å²) < 4.78 is 0. The minimum absolute atomic E-state index is 0.434. The van der Waals surface area contributed by atoms with Gasteiger partial charge in [-0.25, -0.2) is 0 Å². The minimum atomic E-state index is -0.565. The summed E-state index contributed by atoms with van der Waals surface area (Å²) in [6.45, 7) is 8.80. The van der Waals surface area contributed by atoms with Gasteiger partial charge >= 0.3 is 5.97 Å². The van der Waals surface area contributed by atoms with Gasteiger partial charge in [-0.2, -0.15) is 0 Å². The van der Waals surface area contributed by atoms with E-state index < -0.39 is 11.4 Å². The molecule has 2 rings (SSSR count). The summed E-state index contributed by atoms with van der Waals surface area (Å²) in [5.74, 6) is 1.07. The Hall–Kier alpha value is -0.570. The standard InChI is InChI=1S/C17H31NO2/c1-4-7-17(16(19)20)8-10-18(11-9-17)15-6-5-13(2)12-14(15)3/h13-15H,4-12H2,1-3H3,(H,19,20). The van der Waals surface area contributed by atoms with Gasteiger partial charge in [0.2, 0.25) is 0 Å². The first-order valence-corrected chi connectivity index (χ1v) is 8.46. The van der Waals surface area contributed by atoms with Crippen LogP contribution in [0.3, 0.4) is 0 Å². The molecule has 116 valence electrons. The molecule has 3 atom stereocenters. The lowest BCUT2D eigenvalue weighted by molar-refractivity contribution is -0.153. The molecule has 1 saturated heterocycles. The molecule has 0 aromatic rings. The van der Waals surface area contributed by atoms with E-state index >= 15 is 0 Å². The molecule has 3 unspecified atom stereocenters. The number of carboxylic acids is 1. The van der Waals surface area contributed by atoms with Crippen molar-refractivity contribution in [3.63, 3.8) is 0 Å². The quantitative estimate of drug-likeness (QED) is 0.852. The summed E-state index contributed by atoms with van der Waals surface area (Å²) in [6, 6.07) is 0.694. The monoisotopic (exact) mass is 281 g/mol. The van der Waals surface area contributed by atoms with E-state index in [0.29, 0.717) is 6.04 Å². The molecule has 1 heterocycles. The zero-order valence-corrected chi connectivity index (χ0v) is 13.4. The van der Waals surface area contributed by atoms with Crippen LogP contribution < -0.4 is 0 Å². The van der Waals surface area contributed by atoms with Crippen molar-refractivity contribution in [3.8, 4) is 0 Å². The third-order valence-corrected chi connectivity index (χ3v) is 5.79. The average molecular weight is 281 g/mol. The second-order valence-electron chi connectivity index (χ2n) is 7.33. The summed E-state index contributed by atoms with van der Waals surface area (Å²) in [5, 5.41) is 9.58. The fourth-order valence-electron chi connectivity index (χ4n) is 4.52. The van der Waals surface area contributed by atoms with Gasteiger partial charge in [0, 0.05) is 6.04 Å². The zero-order chi connectivity index (χ0) is 14.8. The SMILES string of the molecule is CCCC1(C(=O)O)CCN(C2CCC(C)CC2C)CC1. The Labute approximate surface area is 123 Å². The van der Waals surface area contributed by atoms with Crippen LogP contribution in [-0.4, -0.2) is 35.1 Å². The lowest BCUT2D eigenvalue weighted by Gasteiger charge is -2.46. The normalized spacial score (nSPS) is 34.9. The van der Waals surface area contributed by atoms with Crippen LogP contribution in [0.4, 0.5) is 0 Å². The van der Waals surface area contributed by atoms with Crippen molar-refractivity contribution < 1.29 is 9.90 Å². The summed E-state index contributed by atoms with van der Waals surface area (Å²) in [5.41, 5.74) is -0.434. The van der Waals surface area contributed by atoms with Crippen LogP contribution in [0.25, 0.3) is 0 Å². The summed E-state index contributed by atoms with van der Waals surface area (Å²) in [4.78, 5) is 14.2. The molecular weight excluding hydrogens is 250 g/mol. The molecule has 2 aliphatic rings. The number of aliphatic carboxylic acids is 1. The topological polar surface area (TPSA) is 40.5 Å². The predicted octanol–water partition coefficient (Wildman–Crippen LogP) is 3.78. The van der Waals surface area contributed by atoms with E-state index in [1.165, 1.54) is 19.3 Å². The van der Waals surface area contributed by atoms with Crippen LogP contribution in [0.1, 0.15) is 65.7 Å². The van der Waals surface area contributed by atoms with Gasteiger partial charge < -0.3 is 10.0 Å². The highest BCUT2D eigenvalue weighted by atomic mass is 16.4. The number of hydrogen-bond acceptors (Lipinski definition) is 2. The Morgan fingerprint density at radius 3 is 2.40 bits per heavy atom. The predicted molar refractivity (Wildman–Crippen MR) is 81.8 cm³/mol. The third kappa shape index (κ3) is 3.19. The van der Waals surface area contributed by atoms with Crippen LogP contribution >= 0.6 is 0 Å². The van der Waals surface area contributed by atoms with Crippen LogP contribution in [0.15, 0.2) is 0 Å². The number of hydrogen-bond donors (Lipinski definition) is 1. The van der Waals surface area contributed by atoms with E-state index in [1.54, 1.807) is 0 Å². The molecule has 1 aliphatic carbocycles. The molecule has 2 fully saturated rings. The number of carboxylic acid groups (broad SMARTS) is 1. The first-order chi connectivity index (χ1) is 9.48. The maximum absolute atomic E-state index is 11.6. The largest absolute Gasteiger partial charge is 0.481 e. The molecular formula is C17H31NO2. The van der Waals surface area contributed by atoms with Gasteiger partial charge in [-0.05, 0) is 63.5 Å². The number of rotatable bonds is 4. The van der Waals surface area contributed by atoms with Crippen LogP contribution in [0, 0.1) is 17.3 Å². The van der Waals surface area contributed by atoms with Gasteiger partial charge in [-0.1, -0.05) is 27.2 Å². The van der Waals surface area contributed by atoms with Gasteiger partial charge in [-0.15, -0.1) is 0 Å². The molecule has 20 heavy (non-hydrogen) atoms. The fraction of sp³-hybridized carbons (Fsp3) is 0.941. The van der Waals surface area contributed by atoms with Crippen molar-refractivity contribution >= 4 is 5.97 Å². The third-order valence-electron chi connectivity index (χ3n) is 5.79. The van der Waals surface area contributed by atoms with Gasteiger partial charge in [0.25, 0.3) is 0 Å². The Morgan fingerprint density at radius 2 is 1.90 bits per heavy atom. The smallest absolute Gasteiger partial charge is 0.309 e. The molecule has 0 aromatic heterocycles. The first kappa shape index (κ1) is 15.8. The van der Waals surface area contributed by atoms with Crippen molar-refractivity contribution in [1.29, 1.82) is 0 Å². The van der Waals surface area contributed by atoms with E-state index in [9.17, 15) is 9.90 Å². The molecule has 3 nitrogen and oxygen atoms in total. The molecule has 1 N–H and O–H groups in total. The maximum Gasteiger partial charge on any atom is 0.309 e. The Balaban J connectivity index is 1.95. The van der Waals surface area contributed by atoms with Crippen LogP contribution in [0.2, 0.25) is 0 Å². The highest BCUT2D eigenvalue weighted by molar-refractivity contribution is 5.74. The molecule has 0 aromatic carbocycles. The molecule has 0 radical (unpaired) electrons. The Kier molecular flexibility index (Phi) is 5.11. The highest BCUT2D eigenvalue weighted by Crippen LogP contribution is 2.40. The van der Waals surface area contributed by atoms with Crippen molar-refractivity contribution in [2.75, 3.05) is 13.1 Å². The van der Waals surface area contributed by atoms with Crippen molar-refractivity contribution in [3.05, 3.63) is 0 Å². The van der Waals surface area contributed by atoms with Crippen LogP contribution in [-0.2, 0) is 4.79 Å². The zero-order valence-electron chi connectivity index (χ0n) is 13.4. The number of likely N-dealkylation sites (tertiary alicyclic amines) is 1. The summed E-state index contributed by atoms with van der Waals surface area (Å²) >= 11 is 0. The Morgan fingerprint density at radius 1 is 1.25 bits per heavy atom. The van der Waals surface area contributed by atoms with Gasteiger partial charge in [-0.3, -0.25) is 4.79 Å². The van der Waals surface area contributed by atoms with E-state index in [-0.39, 0.29) is 0 Å². The van der Waals surface area contributed by atoms with Gasteiger partial charge in [0.05, 0.1) is 5.41 Å². The molecule has 3 heteroatoms. The molecule has 0 amide bonds. The average Bonchev–Trinajstić information content (AvgIpc) is 2.40. The molecule has 0 spiro atoms. The Bertz CT molecular complexity index is 334. The number of carbonyl (C=O) groups is 1. The summed E-state index contributed by atoms with van der Waals surface area (Å²) in [6.07, 6.45) is 7.47. The van der Waals surface area contributed by atoms with E-state index in [1.807, 2.05) is 0 Å². The van der Waals surface area contributed by atoms with Crippen molar-refractivity contribution in [2.45, 2.75) is 71.8 Å². The van der Waals surface area contributed by atoms with Crippen molar-refractivity contribution in [1.82, 2.24) is 4.90 Å². The van der Waals surface area contributed by atoms with Crippen LogP contribution in [0.5, 0.6) is 0 Å². The van der Waals surface area contributed by atoms with E-state index in [4.69, 9.17) is 0 Å². The van der Waals surface area contributed by atoms with Gasteiger partial charge in [0.15, 0.2) is 0 Å². The second kappa shape index (κ2) is 6.46. The second-order valence-corrected chi connectivity index (χ2v) is 7.33. The lowest BCUT2D eigenvalue weighted by Crippen LogP contribution is -2.51. The van der Waals surface area contributed by atoms with Crippen molar-refractivity contribution in [2.24, 2.45) is 17.3 Å². The molecule has 1 saturated carbocycles. The molecule has 0 bridgehead atoms. The lowest BCUT2D eigenvalue weighted by atomic mass is 9.73. The summed E-state index contributed by atoms with van der Waals surface area (Å²) in [7, 11) is 0. The fourth-order valence-corrected chi connectivity index (χ4v) is 4.52. The number of nitrogens with zero attached hydrogens (tertiary/aromatic N) is 1. The number of piperidine rings is 1. The minimum Gasteiger partial charge on any atom is -0.481 e. The van der Waals surface area contributed by atoms with E-state index in [0.717, 1.165) is 50.6 Å². The highest BCUT2D eigenvalue weighted by Gasteiger charge is 2.42. The maximum atomic E-state index is 11.6. The first-order valence-electron chi connectivity index (χ1n) is 8.46. The van der Waals surface area contributed by atoms with Gasteiger partial charge in [0.1, 0.15) is 0 Å². The van der Waals surface area contributed by atoms with E-state index in [2.05, 4.69) is 25.7 Å².